The Morgan fingerprint density at radius 2 is 2.29 bits per heavy atom. The smallest absolute Gasteiger partial charge is 0.273 e. The summed E-state index contributed by atoms with van der Waals surface area (Å²) in [5.74, 6) is 1.92. The lowest BCUT2D eigenvalue weighted by molar-refractivity contribution is 0.0709. The number of likely N-dealkylation sites (tertiary alicyclic amines) is 1. The van der Waals surface area contributed by atoms with Gasteiger partial charge in [-0.05, 0) is 38.0 Å². The van der Waals surface area contributed by atoms with E-state index in [-0.39, 0.29) is 11.9 Å². The molecule has 2 aromatic heterocycles. The van der Waals surface area contributed by atoms with Crippen LogP contribution in [0.5, 0.6) is 0 Å². The number of methoxy groups -OCH3 is 1. The molecular weight excluding hydrogens is 308 g/mol. The minimum absolute atomic E-state index is 0.0589. The summed E-state index contributed by atoms with van der Waals surface area (Å²) in [6.45, 7) is 2.98. The van der Waals surface area contributed by atoms with Gasteiger partial charge in [-0.3, -0.25) is 4.79 Å². The van der Waals surface area contributed by atoms with Crippen LogP contribution < -0.4 is 5.32 Å². The zero-order chi connectivity index (χ0) is 17.1. The zero-order valence-electron chi connectivity index (χ0n) is 14.2. The molecule has 3 heterocycles. The topological polar surface area (TPSA) is 80.5 Å². The van der Waals surface area contributed by atoms with Gasteiger partial charge in [0.25, 0.3) is 5.91 Å². The molecule has 24 heavy (non-hydrogen) atoms. The molecule has 0 bridgehead atoms. The Morgan fingerprint density at radius 1 is 1.46 bits per heavy atom. The first-order valence-electron chi connectivity index (χ1n) is 8.04. The molecular formula is C17H22N4O3. The number of nitrogens with zero attached hydrogens (tertiary/aromatic N) is 3. The van der Waals surface area contributed by atoms with E-state index in [4.69, 9.17) is 9.15 Å². The number of carbonyl (C=O) groups is 1. The number of amides is 1. The molecule has 3 rings (SSSR count). The van der Waals surface area contributed by atoms with Crippen LogP contribution in [0.3, 0.4) is 0 Å². The molecule has 2 aromatic rings. The van der Waals surface area contributed by atoms with Gasteiger partial charge in [0.15, 0.2) is 0 Å². The number of furan rings is 1. The van der Waals surface area contributed by atoms with Crippen molar-refractivity contribution >= 4 is 11.9 Å². The van der Waals surface area contributed by atoms with E-state index in [0.717, 1.165) is 30.1 Å². The summed E-state index contributed by atoms with van der Waals surface area (Å²) in [7, 11) is 3.37. The number of rotatable bonds is 5. The highest BCUT2D eigenvalue weighted by molar-refractivity contribution is 5.93. The van der Waals surface area contributed by atoms with Crippen LogP contribution in [-0.2, 0) is 11.3 Å². The summed E-state index contributed by atoms with van der Waals surface area (Å²) < 4.78 is 10.9. The Bertz CT molecular complexity index is 728. The first-order valence-corrected chi connectivity index (χ1v) is 8.04. The van der Waals surface area contributed by atoms with E-state index in [2.05, 4.69) is 15.3 Å². The molecule has 128 valence electrons. The van der Waals surface area contributed by atoms with E-state index in [1.165, 1.54) is 0 Å². The highest BCUT2D eigenvalue weighted by Gasteiger charge is 2.33. The SMILES string of the molecule is CNc1nc(C)cc(C(=O)N2CCC[C@H]2c2ccc(COC)o2)n1. The van der Waals surface area contributed by atoms with E-state index < -0.39 is 0 Å². The molecule has 0 unspecified atom stereocenters. The zero-order valence-corrected chi connectivity index (χ0v) is 14.2. The molecule has 0 aromatic carbocycles. The summed E-state index contributed by atoms with van der Waals surface area (Å²) in [4.78, 5) is 23.3. The van der Waals surface area contributed by atoms with Crippen LogP contribution in [0.25, 0.3) is 0 Å². The van der Waals surface area contributed by atoms with Crippen molar-refractivity contribution in [2.75, 3.05) is 26.0 Å². The number of hydrogen-bond acceptors (Lipinski definition) is 6. The van der Waals surface area contributed by atoms with Gasteiger partial charge in [-0.1, -0.05) is 0 Å². The largest absolute Gasteiger partial charge is 0.461 e. The Kier molecular flexibility index (Phi) is 4.80. The predicted octanol–water partition coefficient (Wildman–Crippen LogP) is 2.54. The molecule has 1 saturated heterocycles. The molecule has 0 spiro atoms. The third kappa shape index (κ3) is 3.26. The van der Waals surface area contributed by atoms with E-state index in [9.17, 15) is 4.79 Å². The standard InChI is InChI=1S/C17H22N4O3/c1-11-9-13(20-17(18-2)19-11)16(22)21-8-4-5-14(21)15-7-6-12(24-15)10-23-3/h6-7,9,14H,4-5,8,10H2,1-3H3,(H,18,19,20)/t14-/m0/s1. The number of aromatic nitrogens is 2. The van der Waals surface area contributed by atoms with Crippen molar-refractivity contribution in [3.63, 3.8) is 0 Å². The normalized spacial score (nSPS) is 17.3. The maximum absolute atomic E-state index is 12.9. The molecule has 0 aliphatic carbocycles. The van der Waals surface area contributed by atoms with Crippen molar-refractivity contribution in [1.82, 2.24) is 14.9 Å². The van der Waals surface area contributed by atoms with E-state index in [1.807, 2.05) is 24.0 Å². The maximum atomic E-state index is 12.9. The van der Waals surface area contributed by atoms with E-state index in [1.54, 1.807) is 20.2 Å². The van der Waals surface area contributed by atoms with Gasteiger partial charge in [0.2, 0.25) is 5.95 Å². The first-order chi connectivity index (χ1) is 11.6. The predicted molar refractivity (Wildman–Crippen MR) is 88.7 cm³/mol. The van der Waals surface area contributed by atoms with Gasteiger partial charge < -0.3 is 19.4 Å². The Labute approximate surface area is 141 Å². The minimum Gasteiger partial charge on any atom is -0.461 e. The fourth-order valence-electron chi connectivity index (χ4n) is 3.04. The van der Waals surface area contributed by atoms with Gasteiger partial charge in [-0.2, -0.15) is 0 Å². The average Bonchev–Trinajstić information content (AvgIpc) is 3.22. The van der Waals surface area contributed by atoms with E-state index in [0.29, 0.717) is 24.8 Å². The van der Waals surface area contributed by atoms with Gasteiger partial charge in [0.05, 0.1) is 6.04 Å². The quantitative estimate of drug-likeness (QED) is 0.907. The molecule has 0 saturated carbocycles. The molecule has 0 radical (unpaired) electrons. The molecule has 1 fully saturated rings. The second-order valence-corrected chi connectivity index (χ2v) is 5.86. The average molecular weight is 330 g/mol. The monoisotopic (exact) mass is 330 g/mol. The molecule has 7 nitrogen and oxygen atoms in total. The van der Waals surface area contributed by atoms with Crippen LogP contribution >= 0.6 is 0 Å². The summed E-state index contributed by atoms with van der Waals surface area (Å²) >= 11 is 0. The number of anilines is 1. The Balaban J connectivity index is 1.84. The number of ether oxygens (including phenoxy) is 1. The second-order valence-electron chi connectivity index (χ2n) is 5.86. The number of nitrogens with one attached hydrogen (secondary N) is 1. The van der Waals surface area contributed by atoms with Crippen molar-refractivity contribution in [2.24, 2.45) is 0 Å². The summed E-state index contributed by atoms with van der Waals surface area (Å²) in [6, 6.07) is 5.48. The van der Waals surface area contributed by atoms with Gasteiger partial charge in [0.1, 0.15) is 23.8 Å². The summed E-state index contributed by atoms with van der Waals surface area (Å²) in [5, 5.41) is 2.89. The van der Waals surface area contributed by atoms with Crippen LogP contribution in [0.2, 0.25) is 0 Å². The van der Waals surface area contributed by atoms with Crippen LogP contribution in [0.4, 0.5) is 5.95 Å². The van der Waals surface area contributed by atoms with Gasteiger partial charge >= 0.3 is 0 Å². The Hall–Kier alpha value is -2.41. The lowest BCUT2D eigenvalue weighted by Gasteiger charge is -2.23. The van der Waals surface area contributed by atoms with Crippen LogP contribution in [-0.4, -0.2) is 41.5 Å². The molecule has 1 N–H and O–H groups in total. The Morgan fingerprint density at radius 3 is 3.04 bits per heavy atom. The number of hydrogen-bond donors (Lipinski definition) is 1. The van der Waals surface area contributed by atoms with Crippen LogP contribution in [0.15, 0.2) is 22.6 Å². The summed E-state index contributed by atoms with van der Waals surface area (Å²) in [5.41, 5.74) is 1.16. The third-order valence-electron chi connectivity index (χ3n) is 4.11. The number of aryl methyl sites for hydroxylation is 1. The summed E-state index contributed by atoms with van der Waals surface area (Å²) in [6.07, 6.45) is 1.83. The maximum Gasteiger partial charge on any atom is 0.273 e. The van der Waals surface area contributed by atoms with Gasteiger partial charge in [-0.15, -0.1) is 0 Å². The second kappa shape index (κ2) is 7.00. The fraction of sp³-hybridized carbons (Fsp3) is 0.471. The van der Waals surface area contributed by atoms with Crippen molar-refractivity contribution in [3.8, 4) is 0 Å². The van der Waals surface area contributed by atoms with Crippen LogP contribution in [0.1, 0.15) is 46.6 Å². The lowest BCUT2D eigenvalue weighted by atomic mass is 10.1. The third-order valence-corrected chi connectivity index (χ3v) is 4.11. The van der Waals surface area contributed by atoms with E-state index >= 15 is 0 Å². The van der Waals surface area contributed by atoms with Crippen molar-refractivity contribution in [1.29, 1.82) is 0 Å². The highest BCUT2D eigenvalue weighted by Crippen LogP contribution is 2.34. The van der Waals surface area contributed by atoms with Gasteiger partial charge in [0, 0.05) is 26.4 Å². The lowest BCUT2D eigenvalue weighted by Crippen LogP contribution is -2.31. The molecule has 1 aliphatic rings. The van der Waals surface area contributed by atoms with Crippen molar-refractivity contribution in [2.45, 2.75) is 32.4 Å². The first kappa shape index (κ1) is 16.4. The fourth-order valence-corrected chi connectivity index (χ4v) is 3.04. The van der Waals surface area contributed by atoms with Crippen molar-refractivity contribution in [3.05, 3.63) is 41.1 Å². The minimum atomic E-state index is -0.0933. The van der Waals surface area contributed by atoms with Gasteiger partial charge in [-0.25, -0.2) is 9.97 Å². The van der Waals surface area contributed by atoms with Crippen LogP contribution in [0, 0.1) is 6.92 Å². The molecule has 1 atom stereocenters. The highest BCUT2D eigenvalue weighted by atomic mass is 16.5. The van der Waals surface area contributed by atoms with Crippen molar-refractivity contribution < 1.29 is 13.9 Å². The molecule has 7 heteroatoms. The molecule has 1 aliphatic heterocycles. The number of carbonyl (C=O) groups excluding carboxylic acids is 1. The molecule has 1 amide bonds.